The van der Waals surface area contributed by atoms with Crippen molar-refractivity contribution in [2.45, 2.75) is 50.8 Å². The molecule has 2 aromatic rings. The van der Waals surface area contributed by atoms with E-state index in [0.29, 0.717) is 6.92 Å². The van der Waals surface area contributed by atoms with E-state index in [1.165, 1.54) is 13.0 Å². The van der Waals surface area contributed by atoms with Crippen LogP contribution in [0, 0.1) is 5.95 Å². The highest BCUT2D eigenvalue weighted by Gasteiger charge is 2.47. The number of hydrogen-bond acceptors (Lipinski definition) is 6. The second kappa shape index (κ2) is 8.06. The van der Waals surface area contributed by atoms with Gasteiger partial charge >= 0.3 is 6.55 Å². The molecular formula is C18H17ClF5N5O2. The van der Waals surface area contributed by atoms with Gasteiger partial charge in [0.1, 0.15) is 5.69 Å². The van der Waals surface area contributed by atoms with Crippen LogP contribution in [0.1, 0.15) is 48.4 Å². The van der Waals surface area contributed by atoms with E-state index in [2.05, 4.69) is 15.1 Å². The van der Waals surface area contributed by atoms with Crippen molar-refractivity contribution in [1.29, 1.82) is 0 Å². The van der Waals surface area contributed by atoms with Crippen LogP contribution in [-0.4, -0.2) is 38.6 Å². The van der Waals surface area contributed by atoms with Crippen LogP contribution in [0.5, 0.6) is 0 Å². The molecule has 0 aliphatic carbocycles. The van der Waals surface area contributed by atoms with Crippen LogP contribution in [0.2, 0.25) is 5.02 Å². The average Bonchev–Trinajstić information content (AvgIpc) is 3.04. The molecule has 0 saturated heterocycles. The molecule has 31 heavy (non-hydrogen) atoms. The van der Waals surface area contributed by atoms with E-state index >= 15 is 0 Å². The summed E-state index contributed by atoms with van der Waals surface area (Å²) in [6.45, 7) is -0.962. The van der Waals surface area contributed by atoms with Gasteiger partial charge in [-0.05, 0) is 18.6 Å². The van der Waals surface area contributed by atoms with Gasteiger partial charge in [-0.1, -0.05) is 11.6 Å². The Kier molecular flexibility index (Phi) is 5.96. The number of hydrogen-bond donors (Lipinski definition) is 1. The van der Waals surface area contributed by atoms with E-state index in [4.69, 9.17) is 22.1 Å². The highest BCUT2D eigenvalue weighted by molar-refractivity contribution is 6.33. The van der Waals surface area contributed by atoms with Crippen molar-refractivity contribution >= 4 is 23.4 Å². The van der Waals surface area contributed by atoms with E-state index in [9.17, 15) is 26.7 Å². The normalized spacial score (nSPS) is 21.7. The number of alkyl halides is 4. The van der Waals surface area contributed by atoms with Crippen molar-refractivity contribution in [3.8, 4) is 0 Å². The minimum Gasteiger partial charge on any atom is -0.456 e. The molecule has 0 unspecified atom stereocenters. The summed E-state index contributed by atoms with van der Waals surface area (Å²) in [5.41, 5.74) is 3.59. The molecule has 13 heteroatoms. The molecule has 0 saturated carbocycles. The van der Waals surface area contributed by atoms with E-state index in [1.807, 2.05) is 0 Å². The van der Waals surface area contributed by atoms with E-state index in [0.717, 1.165) is 12.4 Å². The maximum absolute atomic E-state index is 14.5. The fourth-order valence-corrected chi connectivity index (χ4v) is 3.45. The Morgan fingerprint density at radius 3 is 2.74 bits per heavy atom. The first-order valence-electron chi connectivity index (χ1n) is 8.91. The highest BCUT2D eigenvalue weighted by atomic mass is 35.5. The molecule has 3 rings (SSSR count). The molecule has 2 atom stereocenters. The number of ketones is 1. The van der Waals surface area contributed by atoms with Gasteiger partial charge in [-0.2, -0.15) is 18.3 Å². The largest absolute Gasteiger partial charge is 0.456 e. The molecule has 0 radical (unpaired) electrons. The summed E-state index contributed by atoms with van der Waals surface area (Å²) in [7, 11) is 0. The number of halogens is 6. The molecule has 0 aromatic carbocycles. The quantitative estimate of drug-likeness (QED) is 0.397. The van der Waals surface area contributed by atoms with Crippen molar-refractivity contribution in [2.24, 2.45) is 10.7 Å². The first-order valence-corrected chi connectivity index (χ1v) is 9.28. The van der Waals surface area contributed by atoms with Gasteiger partial charge in [0.2, 0.25) is 5.95 Å². The van der Waals surface area contributed by atoms with Crippen molar-refractivity contribution < 1.29 is 31.5 Å². The van der Waals surface area contributed by atoms with E-state index < -0.39 is 60.4 Å². The number of aliphatic imine (C=N–C) groups is 1. The lowest BCUT2D eigenvalue weighted by Gasteiger charge is -2.37. The minimum absolute atomic E-state index is 0.172. The van der Waals surface area contributed by atoms with Gasteiger partial charge in [-0.3, -0.25) is 4.79 Å². The minimum atomic E-state index is -3.28. The van der Waals surface area contributed by atoms with Gasteiger partial charge in [0.15, 0.2) is 11.9 Å². The third-order valence-corrected chi connectivity index (χ3v) is 5.04. The SMILES string of the molecule is CC(F)(F)[C@@H]1C[C@@](C)(c2cc(CC(=O)c3nn(C(F)F)cc3Cl)cnc2F)N=C(N)O1. The molecule has 0 bridgehead atoms. The maximum Gasteiger partial charge on any atom is 0.333 e. The third kappa shape index (κ3) is 4.78. The van der Waals surface area contributed by atoms with Crippen LogP contribution in [0.3, 0.4) is 0 Å². The van der Waals surface area contributed by atoms with Crippen molar-refractivity contribution in [1.82, 2.24) is 14.8 Å². The first kappa shape index (κ1) is 22.9. The molecule has 7 nitrogen and oxygen atoms in total. The topological polar surface area (TPSA) is 95.4 Å². The molecule has 1 aliphatic heterocycles. The molecule has 2 N–H and O–H groups in total. The fraction of sp³-hybridized carbons (Fsp3) is 0.444. The van der Waals surface area contributed by atoms with Gasteiger partial charge in [0, 0.05) is 31.5 Å². The maximum atomic E-state index is 14.5. The standard InChI is InChI=1S/C18H17ClF5N5O2/c1-17(5-12(18(2,23)24)31-16(25)27-17)9-3-8(6-26-14(9)20)4-11(30)13-10(19)7-29(28-13)15(21)22/h3,6-7,12,15H,4-5H2,1-2H3,(H2,25,27)/t12-,17-/m0/s1. The second-order valence-electron chi connectivity index (χ2n) is 7.36. The summed E-state index contributed by atoms with van der Waals surface area (Å²) in [5.74, 6) is -4.99. The van der Waals surface area contributed by atoms with Crippen LogP contribution < -0.4 is 5.73 Å². The Balaban J connectivity index is 1.92. The van der Waals surface area contributed by atoms with Gasteiger partial charge < -0.3 is 10.5 Å². The lowest BCUT2D eigenvalue weighted by atomic mass is 9.84. The average molecular weight is 466 g/mol. The fourth-order valence-electron chi connectivity index (χ4n) is 3.21. The van der Waals surface area contributed by atoms with Crippen LogP contribution in [0.15, 0.2) is 23.5 Å². The number of carbonyl (C=O) groups is 1. The molecule has 0 fully saturated rings. The molecule has 2 aromatic heterocycles. The van der Waals surface area contributed by atoms with E-state index in [1.54, 1.807) is 0 Å². The lowest BCUT2D eigenvalue weighted by Crippen LogP contribution is -2.46. The lowest BCUT2D eigenvalue weighted by molar-refractivity contribution is -0.103. The van der Waals surface area contributed by atoms with Gasteiger partial charge in [0.25, 0.3) is 11.9 Å². The Morgan fingerprint density at radius 1 is 1.48 bits per heavy atom. The predicted molar refractivity (Wildman–Crippen MR) is 99.8 cm³/mol. The summed E-state index contributed by atoms with van der Waals surface area (Å²) in [6.07, 6.45) is -0.607. The number of pyridine rings is 1. The summed E-state index contributed by atoms with van der Waals surface area (Å²) in [4.78, 5) is 20.0. The molecular weight excluding hydrogens is 449 g/mol. The molecule has 168 valence electrons. The van der Waals surface area contributed by atoms with E-state index in [-0.39, 0.29) is 20.8 Å². The number of ether oxygens (including phenoxy) is 1. The second-order valence-corrected chi connectivity index (χ2v) is 7.76. The summed E-state index contributed by atoms with van der Waals surface area (Å²) in [6, 6.07) is 0.691. The number of nitrogens with two attached hydrogens (primary N) is 1. The number of Topliss-reactive ketones (excluding diaryl/α,β-unsaturated/α-hetero) is 1. The number of aromatic nitrogens is 3. The van der Waals surface area contributed by atoms with Crippen molar-refractivity contribution in [3.05, 3.63) is 46.3 Å². The van der Waals surface area contributed by atoms with Crippen LogP contribution in [0.25, 0.3) is 0 Å². The smallest absolute Gasteiger partial charge is 0.333 e. The van der Waals surface area contributed by atoms with Crippen LogP contribution >= 0.6 is 11.6 Å². The first-order chi connectivity index (χ1) is 14.3. The van der Waals surface area contributed by atoms with Crippen LogP contribution in [-0.2, 0) is 16.7 Å². The van der Waals surface area contributed by atoms with Crippen molar-refractivity contribution in [2.75, 3.05) is 0 Å². The Labute approximate surface area is 178 Å². The molecule has 1 aliphatic rings. The number of rotatable bonds is 6. The highest BCUT2D eigenvalue weighted by Crippen LogP contribution is 2.40. The Bertz CT molecular complexity index is 1040. The number of carbonyl (C=O) groups excluding carboxylic acids is 1. The van der Waals surface area contributed by atoms with Gasteiger partial charge in [-0.15, -0.1) is 0 Å². The summed E-state index contributed by atoms with van der Waals surface area (Å²) < 4.78 is 72.7. The van der Waals surface area contributed by atoms with Crippen molar-refractivity contribution in [3.63, 3.8) is 0 Å². The zero-order chi connectivity index (χ0) is 23.1. The summed E-state index contributed by atoms with van der Waals surface area (Å²) in [5, 5.41) is 3.17. The summed E-state index contributed by atoms with van der Waals surface area (Å²) >= 11 is 5.80. The third-order valence-electron chi connectivity index (χ3n) is 4.76. The zero-order valence-corrected chi connectivity index (χ0v) is 17.0. The Hall–Kier alpha value is -2.76. The monoisotopic (exact) mass is 465 g/mol. The predicted octanol–water partition coefficient (Wildman–Crippen LogP) is 3.87. The number of nitrogens with zero attached hydrogens (tertiary/aromatic N) is 4. The van der Waals surface area contributed by atoms with Gasteiger partial charge in [-0.25, -0.2) is 23.4 Å². The number of amidine groups is 1. The zero-order valence-electron chi connectivity index (χ0n) is 16.3. The molecule has 0 amide bonds. The van der Waals surface area contributed by atoms with Crippen LogP contribution in [0.4, 0.5) is 22.0 Å². The Morgan fingerprint density at radius 2 is 2.16 bits per heavy atom. The molecule has 3 heterocycles. The molecule has 0 spiro atoms. The van der Waals surface area contributed by atoms with Gasteiger partial charge in [0.05, 0.1) is 16.8 Å².